The van der Waals surface area contributed by atoms with Crippen molar-refractivity contribution >= 4 is 17.5 Å². The van der Waals surface area contributed by atoms with Gasteiger partial charge in [0.05, 0.1) is 18.7 Å². The number of likely N-dealkylation sites (tertiary alicyclic amines) is 1. The first-order valence-electron chi connectivity index (χ1n) is 9.96. The minimum Gasteiger partial charge on any atom is -0.495 e. The van der Waals surface area contributed by atoms with Gasteiger partial charge >= 0.3 is 0 Å². The molecule has 1 N–H and O–H groups in total. The number of hydrogen-bond donors (Lipinski definition) is 1. The standard InChI is InChI=1S/C21H31N3O3/c1-15-7-8-19(27-3)18(12-15)24-14-17(13-20(24)25)21(26)22-9-11-23-10-5-4-6-16(23)2/h7-8,12,16-17H,4-6,9-11,13-14H2,1-3H3,(H,22,26). The third-order valence-corrected chi connectivity index (χ3v) is 5.76. The van der Waals surface area contributed by atoms with Crippen molar-refractivity contribution < 1.29 is 14.3 Å². The van der Waals surface area contributed by atoms with Crippen molar-refractivity contribution in [2.75, 3.05) is 38.2 Å². The number of nitrogens with one attached hydrogen (secondary N) is 1. The molecule has 2 heterocycles. The largest absolute Gasteiger partial charge is 0.495 e. The summed E-state index contributed by atoms with van der Waals surface area (Å²) in [6, 6.07) is 6.35. The van der Waals surface area contributed by atoms with Gasteiger partial charge in [-0.25, -0.2) is 0 Å². The Balaban J connectivity index is 1.55. The lowest BCUT2D eigenvalue weighted by Gasteiger charge is -2.33. The van der Waals surface area contributed by atoms with Crippen LogP contribution in [0.15, 0.2) is 18.2 Å². The summed E-state index contributed by atoms with van der Waals surface area (Å²) in [5.41, 5.74) is 1.81. The van der Waals surface area contributed by atoms with Crippen LogP contribution in [0.2, 0.25) is 0 Å². The maximum atomic E-state index is 12.6. The third kappa shape index (κ3) is 4.61. The van der Waals surface area contributed by atoms with Crippen molar-refractivity contribution in [3.05, 3.63) is 23.8 Å². The number of anilines is 1. The van der Waals surface area contributed by atoms with Crippen LogP contribution in [0.25, 0.3) is 0 Å². The van der Waals surface area contributed by atoms with Gasteiger partial charge in [0.25, 0.3) is 0 Å². The zero-order chi connectivity index (χ0) is 19.4. The number of benzene rings is 1. The van der Waals surface area contributed by atoms with Crippen LogP contribution in [0.1, 0.15) is 38.2 Å². The number of hydrogen-bond acceptors (Lipinski definition) is 4. The molecule has 148 valence electrons. The Morgan fingerprint density at radius 2 is 2.15 bits per heavy atom. The second-order valence-electron chi connectivity index (χ2n) is 7.75. The van der Waals surface area contributed by atoms with Gasteiger partial charge in [-0.15, -0.1) is 0 Å². The van der Waals surface area contributed by atoms with Gasteiger partial charge in [-0.1, -0.05) is 12.5 Å². The molecule has 2 fully saturated rings. The molecule has 6 nitrogen and oxygen atoms in total. The molecule has 6 heteroatoms. The zero-order valence-electron chi connectivity index (χ0n) is 16.7. The van der Waals surface area contributed by atoms with E-state index in [0.717, 1.165) is 24.3 Å². The highest BCUT2D eigenvalue weighted by molar-refractivity contribution is 6.01. The van der Waals surface area contributed by atoms with Gasteiger partial charge in [-0.3, -0.25) is 14.5 Å². The number of rotatable bonds is 6. The summed E-state index contributed by atoms with van der Waals surface area (Å²) in [6.07, 6.45) is 4.02. The van der Waals surface area contributed by atoms with E-state index in [2.05, 4.69) is 17.1 Å². The average Bonchev–Trinajstić information content (AvgIpc) is 3.05. The van der Waals surface area contributed by atoms with E-state index in [9.17, 15) is 9.59 Å². The molecule has 1 aromatic carbocycles. The molecule has 3 rings (SSSR count). The molecule has 0 spiro atoms. The van der Waals surface area contributed by atoms with E-state index < -0.39 is 0 Å². The van der Waals surface area contributed by atoms with Crippen molar-refractivity contribution in [3.63, 3.8) is 0 Å². The summed E-state index contributed by atoms with van der Waals surface area (Å²) >= 11 is 0. The van der Waals surface area contributed by atoms with Gasteiger partial charge < -0.3 is 15.0 Å². The first-order valence-corrected chi connectivity index (χ1v) is 9.96. The molecule has 2 unspecified atom stereocenters. The molecule has 2 amide bonds. The predicted molar refractivity (Wildman–Crippen MR) is 106 cm³/mol. The van der Waals surface area contributed by atoms with E-state index in [-0.39, 0.29) is 24.2 Å². The Hall–Kier alpha value is -2.08. The molecule has 2 atom stereocenters. The van der Waals surface area contributed by atoms with Crippen LogP contribution >= 0.6 is 0 Å². The van der Waals surface area contributed by atoms with E-state index in [4.69, 9.17) is 4.74 Å². The molecular formula is C21H31N3O3. The summed E-state index contributed by atoms with van der Waals surface area (Å²) in [4.78, 5) is 29.2. The minimum atomic E-state index is -0.304. The van der Waals surface area contributed by atoms with E-state index in [0.29, 0.717) is 24.9 Å². The molecule has 0 aromatic heterocycles. The SMILES string of the molecule is COc1ccc(C)cc1N1CC(C(=O)NCCN2CCCCC2C)CC1=O. The number of aryl methyl sites for hydroxylation is 1. The molecule has 2 aliphatic heterocycles. The van der Waals surface area contributed by atoms with E-state index in [1.165, 1.54) is 19.3 Å². The van der Waals surface area contributed by atoms with Crippen molar-refractivity contribution in [3.8, 4) is 5.75 Å². The monoisotopic (exact) mass is 373 g/mol. The molecular weight excluding hydrogens is 342 g/mol. The molecule has 27 heavy (non-hydrogen) atoms. The van der Waals surface area contributed by atoms with Crippen LogP contribution < -0.4 is 15.0 Å². The van der Waals surface area contributed by atoms with Crippen LogP contribution in [-0.2, 0) is 9.59 Å². The average molecular weight is 373 g/mol. The normalized spacial score (nSPS) is 23.5. The van der Waals surface area contributed by atoms with Gasteiger partial charge in [0.1, 0.15) is 5.75 Å². The molecule has 2 aliphatic rings. The van der Waals surface area contributed by atoms with E-state index in [1.54, 1.807) is 12.0 Å². The molecule has 0 aliphatic carbocycles. The number of carbonyl (C=O) groups is 2. The lowest BCUT2D eigenvalue weighted by Crippen LogP contribution is -2.43. The van der Waals surface area contributed by atoms with Gasteiger partial charge in [-0.05, 0) is 50.9 Å². The summed E-state index contributed by atoms with van der Waals surface area (Å²) < 4.78 is 5.40. The fourth-order valence-corrected chi connectivity index (χ4v) is 4.08. The molecule has 0 bridgehead atoms. The Morgan fingerprint density at radius 3 is 2.89 bits per heavy atom. The Labute approximate surface area is 161 Å². The maximum absolute atomic E-state index is 12.6. The zero-order valence-corrected chi connectivity index (χ0v) is 16.7. The molecule has 0 radical (unpaired) electrons. The van der Waals surface area contributed by atoms with Crippen LogP contribution in [0.5, 0.6) is 5.75 Å². The Kier molecular flexibility index (Phi) is 6.37. The number of amides is 2. The smallest absolute Gasteiger partial charge is 0.227 e. The summed E-state index contributed by atoms with van der Waals surface area (Å²) in [5.74, 6) is 0.307. The van der Waals surface area contributed by atoms with Gasteiger partial charge in [0.15, 0.2) is 0 Å². The van der Waals surface area contributed by atoms with Crippen LogP contribution in [0, 0.1) is 12.8 Å². The highest BCUT2D eigenvalue weighted by atomic mass is 16.5. The highest BCUT2D eigenvalue weighted by Gasteiger charge is 2.36. The lowest BCUT2D eigenvalue weighted by atomic mass is 10.0. The van der Waals surface area contributed by atoms with Crippen LogP contribution in [-0.4, -0.2) is 56.0 Å². The number of ether oxygens (including phenoxy) is 1. The van der Waals surface area contributed by atoms with Gasteiger partial charge in [0.2, 0.25) is 11.8 Å². The third-order valence-electron chi connectivity index (χ3n) is 5.76. The number of nitrogens with zero attached hydrogens (tertiary/aromatic N) is 2. The van der Waals surface area contributed by atoms with Crippen LogP contribution in [0.3, 0.4) is 0 Å². The lowest BCUT2D eigenvalue weighted by molar-refractivity contribution is -0.126. The topological polar surface area (TPSA) is 61.9 Å². The number of methoxy groups -OCH3 is 1. The second kappa shape index (κ2) is 8.74. The van der Waals surface area contributed by atoms with Crippen LogP contribution in [0.4, 0.5) is 5.69 Å². The number of carbonyl (C=O) groups excluding carboxylic acids is 2. The van der Waals surface area contributed by atoms with Gasteiger partial charge in [0, 0.05) is 32.1 Å². The minimum absolute atomic E-state index is 0.0243. The first-order chi connectivity index (χ1) is 13.0. The molecule has 1 aromatic rings. The van der Waals surface area contributed by atoms with Crippen molar-refractivity contribution in [1.29, 1.82) is 0 Å². The van der Waals surface area contributed by atoms with Crippen molar-refractivity contribution in [2.24, 2.45) is 5.92 Å². The fraction of sp³-hybridized carbons (Fsp3) is 0.619. The molecule has 0 saturated carbocycles. The first kappa shape index (κ1) is 19.7. The summed E-state index contributed by atoms with van der Waals surface area (Å²) in [7, 11) is 1.60. The van der Waals surface area contributed by atoms with Gasteiger partial charge in [-0.2, -0.15) is 0 Å². The highest BCUT2D eigenvalue weighted by Crippen LogP contribution is 2.33. The fourth-order valence-electron chi connectivity index (χ4n) is 4.08. The Morgan fingerprint density at radius 1 is 1.33 bits per heavy atom. The number of piperidine rings is 1. The summed E-state index contributed by atoms with van der Waals surface area (Å²) in [5, 5.41) is 3.03. The Bertz CT molecular complexity index is 691. The summed E-state index contributed by atoms with van der Waals surface area (Å²) in [6.45, 7) is 7.27. The van der Waals surface area contributed by atoms with Crippen molar-refractivity contribution in [1.82, 2.24) is 10.2 Å². The molecule has 2 saturated heterocycles. The van der Waals surface area contributed by atoms with Crippen molar-refractivity contribution in [2.45, 2.75) is 45.6 Å². The predicted octanol–water partition coefficient (Wildman–Crippen LogP) is 2.35. The maximum Gasteiger partial charge on any atom is 0.227 e. The van der Waals surface area contributed by atoms with E-state index in [1.807, 2.05) is 25.1 Å². The second-order valence-corrected chi connectivity index (χ2v) is 7.75. The quantitative estimate of drug-likeness (QED) is 0.831. The van der Waals surface area contributed by atoms with E-state index >= 15 is 0 Å².